The molecule has 0 bridgehead atoms. The molecule has 0 aliphatic heterocycles. The smallest absolute Gasteiger partial charge is 0.250 e. The van der Waals surface area contributed by atoms with E-state index in [4.69, 9.17) is 32.7 Å². The van der Waals surface area contributed by atoms with Crippen molar-refractivity contribution < 1.29 is 14.3 Å². The summed E-state index contributed by atoms with van der Waals surface area (Å²) in [5.41, 5.74) is 5.76. The molecule has 0 spiro atoms. The zero-order valence-electron chi connectivity index (χ0n) is 18.8. The Morgan fingerprint density at radius 3 is 2.66 bits per heavy atom. The average Bonchev–Trinajstić information content (AvgIpc) is 3.27. The summed E-state index contributed by atoms with van der Waals surface area (Å²) in [6, 6.07) is 18.4. The fourth-order valence-electron chi connectivity index (χ4n) is 3.16. The molecular formula is C25H22Cl2N4O3S. The van der Waals surface area contributed by atoms with Crippen molar-refractivity contribution in [1.29, 1.82) is 0 Å². The number of fused-ring (bicyclic) bond motifs is 1. The van der Waals surface area contributed by atoms with Crippen LogP contribution in [0.1, 0.15) is 18.1 Å². The third kappa shape index (κ3) is 6.69. The van der Waals surface area contributed by atoms with Crippen LogP contribution in [0.3, 0.4) is 0 Å². The van der Waals surface area contributed by atoms with E-state index in [0.717, 1.165) is 16.6 Å². The maximum atomic E-state index is 12.2. The second-order valence-electron chi connectivity index (χ2n) is 7.27. The van der Waals surface area contributed by atoms with Crippen LogP contribution in [-0.2, 0) is 11.4 Å². The highest BCUT2D eigenvalue weighted by Crippen LogP contribution is 2.31. The van der Waals surface area contributed by atoms with Gasteiger partial charge in [0.15, 0.2) is 16.7 Å². The fraction of sp³-hybridized carbons (Fsp3) is 0.160. The lowest BCUT2D eigenvalue weighted by Gasteiger charge is -2.14. The second kappa shape index (κ2) is 12.0. The van der Waals surface area contributed by atoms with Gasteiger partial charge in [-0.1, -0.05) is 53.2 Å². The summed E-state index contributed by atoms with van der Waals surface area (Å²) in [5.74, 6) is 1.03. The summed E-state index contributed by atoms with van der Waals surface area (Å²) in [5, 5.41) is 5.80. The predicted octanol–water partition coefficient (Wildman–Crippen LogP) is 6.09. The molecular weight excluding hydrogens is 507 g/mol. The number of nitrogens with one attached hydrogen (secondary N) is 2. The van der Waals surface area contributed by atoms with Crippen LogP contribution in [0.25, 0.3) is 11.0 Å². The molecule has 0 aliphatic rings. The van der Waals surface area contributed by atoms with Crippen LogP contribution in [0.5, 0.6) is 11.5 Å². The number of thioether (sulfide) groups is 1. The first-order chi connectivity index (χ1) is 17.0. The molecule has 7 nitrogen and oxygen atoms in total. The Balaban J connectivity index is 1.33. The van der Waals surface area contributed by atoms with E-state index in [-0.39, 0.29) is 18.3 Å². The quantitative estimate of drug-likeness (QED) is 0.148. The number of H-pyrrole nitrogens is 1. The Morgan fingerprint density at radius 2 is 1.89 bits per heavy atom. The van der Waals surface area contributed by atoms with Crippen LogP contribution >= 0.6 is 35.0 Å². The zero-order valence-corrected chi connectivity index (χ0v) is 21.1. The van der Waals surface area contributed by atoms with E-state index in [1.54, 1.807) is 36.5 Å². The lowest BCUT2D eigenvalue weighted by atomic mass is 10.2. The van der Waals surface area contributed by atoms with Crippen molar-refractivity contribution in [2.45, 2.75) is 18.7 Å². The van der Waals surface area contributed by atoms with Crippen molar-refractivity contribution in [3.8, 4) is 11.5 Å². The van der Waals surface area contributed by atoms with E-state index < -0.39 is 0 Å². The minimum Gasteiger partial charge on any atom is -0.490 e. The van der Waals surface area contributed by atoms with Gasteiger partial charge < -0.3 is 14.5 Å². The molecule has 0 saturated carbocycles. The number of carbonyl (C=O) groups is 1. The number of ether oxygens (including phenoxy) is 2. The number of aromatic amines is 1. The third-order valence-electron chi connectivity index (χ3n) is 4.81. The molecule has 0 unspecified atom stereocenters. The maximum Gasteiger partial charge on any atom is 0.250 e. The highest BCUT2D eigenvalue weighted by molar-refractivity contribution is 7.99. The Hall–Kier alpha value is -3.20. The molecule has 35 heavy (non-hydrogen) atoms. The molecule has 180 valence electrons. The number of imidazole rings is 1. The van der Waals surface area contributed by atoms with Gasteiger partial charge in [-0.2, -0.15) is 5.10 Å². The van der Waals surface area contributed by atoms with Crippen LogP contribution in [-0.4, -0.2) is 34.4 Å². The largest absolute Gasteiger partial charge is 0.490 e. The summed E-state index contributed by atoms with van der Waals surface area (Å²) >= 11 is 13.8. The molecule has 0 saturated heterocycles. The lowest BCUT2D eigenvalue weighted by molar-refractivity contribution is -0.118. The topological polar surface area (TPSA) is 88.6 Å². The van der Waals surface area contributed by atoms with Gasteiger partial charge in [0.05, 0.1) is 29.6 Å². The number of hydrogen-bond donors (Lipinski definition) is 2. The molecule has 2 N–H and O–H groups in total. The molecule has 0 fully saturated rings. The van der Waals surface area contributed by atoms with Crippen LogP contribution < -0.4 is 14.9 Å². The minimum absolute atomic E-state index is 0.179. The van der Waals surface area contributed by atoms with Crippen molar-refractivity contribution >= 4 is 58.1 Å². The Kier molecular flexibility index (Phi) is 8.52. The van der Waals surface area contributed by atoms with Crippen molar-refractivity contribution in [2.75, 3.05) is 12.4 Å². The first kappa shape index (κ1) is 24.9. The average molecular weight is 529 g/mol. The predicted molar refractivity (Wildman–Crippen MR) is 141 cm³/mol. The van der Waals surface area contributed by atoms with Crippen molar-refractivity contribution in [1.82, 2.24) is 15.4 Å². The lowest BCUT2D eigenvalue weighted by Crippen LogP contribution is -2.19. The molecule has 0 aliphatic carbocycles. The van der Waals surface area contributed by atoms with Gasteiger partial charge in [-0.05, 0) is 55.0 Å². The first-order valence-electron chi connectivity index (χ1n) is 10.8. The number of hydrazone groups is 1. The number of rotatable bonds is 10. The van der Waals surface area contributed by atoms with E-state index in [0.29, 0.717) is 38.9 Å². The molecule has 4 rings (SSSR count). The van der Waals surface area contributed by atoms with Crippen molar-refractivity contribution in [3.63, 3.8) is 0 Å². The molecule has 10 heteroatoms. The molecule has 1 amide bonds. The number of amides is 1. The number of nitrogens with zero attached hydrogens (tertiary/aromatic N) is 2. The van der Waals surface area contributed by atoms with E-state index in [1.165, 1.54) is 11.8 Å². The van der Waals surface area contributed by atoms with Crippen molar-refractivity contribution in [3.05, 3.63) is 81.8 Å². The van der Waals surface area contributed by atoms with Gasteiger partial charge in [-0.3, -0.25) is 4.79 Å². The number of hydrogen-bond acceptors (Lipinski definition) is 6. The summed E-state index contributed by atoms with van der Waals surface area (Å²) in [6.45, 7) is 2.54. The molecule has 1 heterocycles. The maximum absolute atomic E-state index is 12.2. The van der Waals surface area contributed by atoms with E-state index >= 15 is 0 Å². The van der Waals surface area contributed by atoms with Crippen LogP contribution in [0.2, 0.25) is 10.0 Å². The van der Waals surface area contributed by atoms with Gasteiger partial charge >= 0.3 is 0 Å². The van der Waals surface area contributed by atoms with Gasteiger partial charge in [0, 0.05) is 15.6 Å². The van der Waals surface area contributed by atoms with Gasteiger partial charge in [0.25, 0.3) is 5.91 Å². The fourth-order valence-corrected chi connectivity index (χ4v) is 4.34. The molecule has 0 atom stereocenters. The SMILES string of the molecule is CCOc1cc(/C=N/NC(=O)CSc2nc3ccccc3[nH]2)ccc1OCc1c(Cl)cccc1Cl. The highest BCUT2D eigenvalue weighted by Gasteiger charge is 2.11. The Bertz CT molecular complexity index is 1310. The zero-order chi connectivity index (χ0) is 24.6. The van der Waals surface area contributed by atoms with Gasteiger partial charge in [-0.25, -0.2) is 10.4 Å². The summed E-state index contributed by atoms with van der Waals surface area (Å²) in [7, 11) is 0. The molecule has 1 aromatic heterocycles. The van der Waals surface area contributed by atoms with E-state index in [2.05, 4.69) is 20.5 Å². The van der Waals surface area contributed by atoms with Crippen LogP contribution in [0.4, 0.5) is 0 Å². The molecule has 0 radical (unpaired) electrons. The second-order valence-corrected chi connectivity index (χ2v) is 9.05. The van der Waals surface area contributed by atoms with Crippen molar-refractivity contribution in [2.24, 2.45) is 5.10 Å². The molecule has 3 aromatic carbocycles. The number of halogens is 2. The Labute approximate surface area is 216 Å². The first-order valence-corrected chi connectivity index (χ1v) is 12.5. The minimum atomic E-state index is -0.242. The van der Waals surface area contributed by atoms with Crippen LogP contribution in [0.15, 0.2) is 70.9 Å². The molecule has 4 aromatic rings. The van der Waals surface area contributed by atoms with Gasteiger partial charge in [-0.15, -0.1) is 0 Å². The highest BCUT2D eigenvalue weighted by atomic mass is 35.5. The number of carbonyl (C=O) groups excluding carboxylic acids is 1. The summed E-state index contributed by atoms with van der Waals surface area (Å²) < 4.78 is 11.6. The van der Waals surface area contributed by atoms with E-state index in [9.17, 15) is 4.79 Å². The summed E-state index contributed by atoms with van der Waals surface area (Å²) in [4.78, 5) is 19.8. The monoisotopic (exact) mass is 528 g/mol. The van der Waals surface area contributed by atoms with Gasteiger partial charge in [0.2, 0.25) is 0 Å². The standard InChI is InChI=1S/C25H22Cl2N4O3S/c1-2-33-23-12-16(10-11-22(23)34-14-17-18(26)6-5-7-19(17)27)13-28-31-24(32)15-35-25-29-20-8-3-4-9-21(20)30-25/h3-13H,2,14-15H2,1H3,(H,29,30)(H,31,32)/b28-13+. The normalized spacial score (nSPS) is 11.2. The third-order valence-corrected chi connectivity index (χ3v) is 6.39. The number of aromatic nitrogens is 2. The van der Waals surface area contributed by atoms with E-state index in [1.807, 2.05) is 37.3 Å². The number of para-hydroxylation sites is 2. The Morgan fingerprint density at radius 1 is 1.09 bits per heavy atom. The number of benzene rings is 3. The van der Waals surface area contributed by atoms with Gasteiger partial charge in [0.1, 0.15) is 6.61 Å². The summed E-state index contributed by atoms with van der Waals surface area (Å²) in [6.07, 6.45) is 1.54. The van der Waals surface area contributed by atoms with Crippen LogP contribution in [0, 0.1) is 0 Å².